The third-order valence-electron chi connectivity index (χ3n) is 3.78. The Labute approximate surface area is 127 Å². The van der Waals surface area contributed by atoms with Crippen LogP contribution in [0.4, 0.5) is 11.4 Å². The first-order chi connectivity index (χ1) is 10.0. The summed E-state index contributed by atoms with van der Waals surface area (Å²) in [5, 5.41) is 14.5. The van der Waals surface area contributed by atoms with E-state index in [2.05, 4.69) is 36.1 Å². The van der Waals surface area contributed by atoms with Crippen LogP contribution in [-0.4, -0.2) is 41.0 Å². The third kappa shape index (κ3) is 3.48. The maximum Gasteiger partial charge on any atom is 0.319 e. The van der Waals surface area contributed by atoms with E-state index in [4.69, 9.17) is 0 Å². The molecule has 21 heavy (non-hydrogen) atoms. The largest absolute Gasteiger partial charge is 0.378 e. The summed E-state index contributed by atoms with van der Waals surface area (Å²) in [5.74, 6) is 0. The molecule has 0 saturated carbocycles. The number of fused-ring (bicyclic) bond motifs is 1. The van der Waals surface area contributed by atoms with Crippen LogP contribution in [0.15, 0.2) is 17.6 Å². The molecule has 0 spiro atoms. The molecule has 2 rings (SSSR count). The molecule has 1 aromatic carbocycles. The molecular weight excluding hydrogens is 288 g/mol. The van der Waals surface area contributed by atoms with Gasteiger partial charge < -0.3 is 10.2 Å². The topological polar surface area (TPSA) is 71.3 Å². The summed E-state index contributed by atoms with van der Waals surface area (Å²) >= 11 is 1.41. The lowest BCUT2D eigenvalue weighted by atomic mass is 10.2. The maximum atomic E-state index is 11.3. The summed E-state index contributed by atoms with van der Waals surface area (Å²) in [5.41, 5.74) is 2.71. The molecule has 1 N–H and O–H groups in total. The van der Waals surface area contributed by atoms with Crippen molar-refractivity contribution >= 4 is 32.9 Å². The van der Waals surface area contributed by atoms with Gasteiger partial charge in [0.2, 0.25) is 0 Å². The van der Waals surface area contributed by atoms with Gasteiger partial charge >= 0.3 is 5.69 Å². The molecule has 6 nitrogen and oxygen atoms in total. The summed E-state index contributed by atoms with van der Waals surface area (Å²) in [7, 11) is 2.06. The van der Waals surface area contributed by atoms with Crippen molar-refractivity contribution in [1.82, 2.24) is 9.88 Å². The summed E-state index contributed by atoms with van der Waals surface area (Å²) in [6, 6.07) is 4.14. The van der Waals surface area contributed by atoms with Crippen molar-refractivity contribution in [3.63, 3.8) is 0 Å². The first-order valence-electron chi connectivity index (χ1n) is 6.99. The minimum absolute atomic E-state index is 0.0694. The number of nitro benzene ring substituents is 1. The highest BCUT2D eigenvalue weighted by Crippen LogP contribution is 2.34. The molecule has 0 bridgehead atoms. The summed E-state index contributed by atoms with van der Waals surface area (Å²) in [4.78, 5) is 17.3. The molecule has 1 atom stereocenters. The Balaban J connectivity index is 2.11. The van der Waals surface area contributed by atoms with Crippen LogP contribution in [0.2, 0.25) is 0 Å². The molecule has 0 aliphatic carbocycles. The molecule has 2 aromatic rings. The minimum atomic E-state index is -0.358. The number of benzene rings is 1. The van der Waals surface area contributed by atoms with Gasteiger partial charge in [-0.05, 0) is 32.5 Å². The van der Waals surface area contributed by atoms with Gasteiger partial charge in [0.05, 0.1) is 15.1 Å². The third-order valence-corrected chi connectivity index (χ3v) is 4.58. The molecule has 1 unspecified atom stereocenters. The van der Waals surface area contributed by atoms with Gasteiger partial charge in [-0.1, -0.05) is 6.92 Å². The Kier molecular flexibility index (Phi) is 5.08. The number of likely N-dealkylation sites (N-methyl/N-ethyl adjacent to an activating group) is 1. The molecular formula is C14H20N4O2S. The van der Waals surface area contributed by atoms with Crippen LogP contribution in [0.1, 0.15) is 20.3 Å². The van der Waals surface area contributed by atoms with Crippen molar-refractivity contribution in [3.8, 4) is 0 Å². The summed E-state index contributed by atoms with van der Waals surface area (Å²) < 4.78 is 0.837. The number of hydrogen-bond acceptors (Lipinski definition) is 6. The van der Waals surface area contributed by atoms with E-state index in [1.165, 1.54) is 11.3 Å². The minimum Gasteiger partial charge on any atom is -0.378 e. The average Bonchev–Trinajstić information content (AvgIpc) is 2.93. The average molecular weight is 308 g/mol. The van der Waals surface area contributed by atoms with Crippen LogP contribution < -0.4 is 5.32 Å². The van der Waals surface area contributed by atoms with E-state index in [9.17, 15) is 10.1 Å². The highest BCUT2D eigenvalue weighted by Gasteiger charge is 2.20. The Hall–Kier alpha value is -1.73. The number of hydrogen-bond donors (Lipinski definition) is 1. The molecule has 114 valence electrons. The SMILES string of the molecule is CCC(C)N(C)CCNc1ccc2scnc2c1[N+](=O)[O-]. The molecule has 0 aliphatic rings. The molecule has 1 heterocycles. The monoisotopic (exact) mass is 308 g/mol. The fourth-order valence-corrected chi connectivity index (χ4v) is 2.82. The second kappa shape index (κ2) is 6.82. The van der Waals surface area contributed by atoms with Gasteiger partial charge in [-0.15, -0.1) is 11.3 Å². The summed E-state index contributed by atoms with van der Waals surface area (Å²) in [6.45, 7) is 5.82. The van der Waals surface area contributed by atoms with Gasteiger partial charge in [0.25, 0.3) is 0 Å². The standard InChI is InChI=1S/C14H20N4O2S/c1-4-10(2)17(3)8-7-15-11-5-6-12-13(16-9-21-12)14(11)18(19)20/h5-6,9-10,15H,4,7-8H2,1-3H3. The fourth-order valence-electron chi connectivity index (χ4n) is 2.14. The van der Waals surface area contributed by atoms with E-state index in [1.54, 1.807) is 11.6 Å². The van der Waals surface area contributed by atoms with E-state index >= 15 is 0 Å². The van der Waals surface area contributed by atoms with Crippen molar-refractivity contribution < 1.29 is 4.92 Å². The smallest absolute Gasteiger partial charge is 0.319 e. The Morgan fingerprint density at radius 3 is 2.95 bits per heavy atom. The van der Waals surface area contributed by atoms with Crippen LogP contribution in [0, 0.1) is 10.1 Å². The van der Waals surface area contributed by atoms with Gasteiger partial charge in [0, 0.05) is 19.1 Å². The van der Waals surface area contributed by atoms with E-state index in [1.807, 2.05) is 6.07 Å². The van der Waals surface area contributed by atoms with Crippen molar-refractivity contribution in [2.24, 2.45) is 0 Å². The number of anilines is 1. The number of nitro groups is 1. The zero-order valence-corrected chi connectivity index (χ0v) is 13.3. The zero-order chi connectivity index (χ0) is 15.4. The number of rotatable bonds is 7. The Morgan fingerprint density at radius 2 is 2.29 bits per heavy atom. The lowest BCUT2D eigenvalue weighted by Gasteiger charge is -2.23. The number of nitrogens with one attached hydrogen (secondary N) is 1. The molecule has 0 amide bonds. The lowest BCUT2D eigenvalue weighted by Crippen LogP contribution is -2.32. The second-order valence-electron chi connectivity index (χ2n) is 5.08. The highest BCUT2D eigenvalue weighted by molar-refractivity contribution is 7.16. The van der Waals surface area contributed by atoms with Crippen LogP contribution >= 0.6 is 11.3 Å². The van der Waals surface area contributed by atoms with Crippen molar-refractivity contribution in [3.05, 3.63) is 27.8 Å². The predicted octanol–water partition coefficient (Wildman–Crippen LogP) is 3.35. The Morgan fingerprint density at radius 1 is 1.52 bits per heavy atom. The van der Waals surface area contributed by atoms with E-state index in [0.29, 0.717) is 23.8 Å². The molecule has 7 heteroatoms. The number of thiazole rings is 1. The first-order valence-corrected chi connectivity index (χ1v) is 7.87. The van der Waals surface area contributed by atoms with Crippen LogP contribution in [-0.2, 0) is 0 Å². The Bertz CT molecular complexity index is 628. The first kappa shape index (κ1) is 15.7. The van der Waals surface area contributed by atoms with Crippen LogP contribution in [0.5, 0.6) is 0 Å². The van der Waals surface area contributed by atoms with E-state index < -0.39 is 0 Å². The van der Waals surface area contributed by atoms with Gasteiger partial charge in [0.15, 0.2) is 5.52 Å². The van der Waals surface area contributed by atoms with Gasteiger partial charge in [0.1, 0.15) is 5.69 Å². The molecule has 1 aromatic heterocycles. The van der Waals surface area contributed by atoms with Crippen molar-refractivity contribution in [1.29, 1.82) is 0 Å². The number of nitrogens with zero attached hydrogens (tertiary/aromatic N) is 3. The van der Waals surface area contributed by atoms with E-state index in [0.717, 1.165) is 17.7 Å². The number of aromatic nitrogens is 1. The molecule has 0 saturated heterocycles. The predicted molar refractivity (Wildman–Crippen MR) is 87.1 cm³/mol. The molecule has 0 radical (unpaired) electrons. The zero-order valence-electron chi connectivity index (χ0n) is 12.5. The lowest BCUT2D eigenvalue weighted by molar-refractivity contribution is -0.382. The van der Waals surface area contributed by atoms with Gasteiger partial charge in [-0.25, -0.2) is 4.98 Å². The quantitative estimate of drug-likeness (QED) is 0.627. The maximum absolute atomic E-state index is 11.3. The van der Waals surface area contributed by atoms with Crippen LogP contribution in [0.25, 0.3) is 10.2 Å². The highest BCUT2D eigenvalue weighted by atomic mass is 32.1. The summed E-state index contributed by atoms with van der Waals surface area (Å²) in [6.07, 6.45) is 1.08. The normalized spacial score (nSPS) is 12.8. The van der Waals surface area contributed by atoms with Gasteiger partial charge in [-0.2, -0.15) is 0 Å². The fraction of sp³-hybridized carbons (Fsp3) is 0.500. The van der Waals surface area contributed by atoms with Crippen molar-refractivity contribution in [2.75, 3.05) is 25.5 Å². The van der Waals surface area contributed by atoms with Crippen molar-refractivity contribution in [2.45, 2.75) is 26.3 Å². The van der Waals surface area contributed by atoms with E-state index in [-0.39, 0.29) is 10.6 Å². The van der Waals surface area contributed by atoms with Crippen LogP contribution in [0.3, 0.4) is 0 Å². The molecule has 0 aliphatic heterocycles. The van der Waals surface area contributed by atoms with Gasteiger partial charge in [-0.3, -0.25) is 10.1 Å². The second-order valence-corrected chi connectivity index (χ2v) is 5.97. The molecule has 0 fully saturated rings.